The molecule has 9 nitrogen and oxygen atoms in total. The van der Waals surface area contributed by atoms with Crippen LogP contribution >= 0.6 is 0 Å². The molecule has 6 atom stereocenters. The number of hydrogen-bond donors (Lipinski definition) is 5. The standard InChI is InChI=1S/C11H19N3O6/c1-5(16)2-6-3-14(13-12-6)11-10(19)9(18)8(17)7(4-15)20-11/h3,5,7-11,15-19H,2,4H2,1H3/t5?,7-,8-,9+,10-,11-/m1/s1. The Morgan fingerprint density at radius 3 is 2.60 bits per heavy atom. The van der Waals surface area contributed by atoms with Crippen molar-refractivity contribution in [3.8, 4) is 0 Å². The maximum Gasteiger partial charge on any atom is 0.180 e. The SMILES string of the molecule is CC(O)Cc1cn([C@@H]2O[C@H](CO)[C@@H](O)[C@H](O)[C@H]2O)nn1. The normalized spacial score (nSPS) is 36.0. The number of ether oxygens (including phenoxy) is 1. The Hall–Kier alpha value is -1.10. The van der Waals surface area contributed by atoms with Crippen molar-refractivity contribution in [2.75, 3.05) is 6.61 Å². The van der Waals surface area contributed by atoms with Crippen molar-refractivity contribution in [1.82, 2.24) is 15.0 Å². The third-order valence-corrected chi connectivity index (χ3v) is 3.19. The molecule has 0 amide bonds. The fourth-order valence-corrected chi connectivity index (χ4v) is 2.13. The van der Waals surface area contributed by atoms with Gasteiger partial charge in [0.15, 0.2) is 6.23 Å². The highest BCUT2D eigenvalue weighted by atomic mass is 16.6. The molecule has 20 heavy (non-hydrogen) atoms. The number of nitrogens with zero attached hydrogens (tertiary/aromatic N) is 3. The van der Waals surface area contributed by atoms with Gasteiger partial charge in [-0.05, 0) is 6.92 Å². The highest BCUT2D eigenvalue weighted by Crippen LogP contribution is 2.27. The van der Waals surface area contributed by atoms with E-state index >= 15 is 0 Å². The third-order valence-electron chi connectivity index (χ3n) is 3.19. The van der Waals surface area contributed by atoms with Crippen molar-refractivity contribution in [3.63, 3.8) is 0 Å². The van der Waals surface area contributed by atoms with Crippen molar-refractivity contribution in [2.24, 2.45) is 0 Å². The smallest absolute Gasteiger partial charge is 0.180 e. The predicted octanol–water partition coefficient (Wildman–Crippen LogP) is -2.83. The maximum atomic E-state index is 9.91. The van der Waals surface area contributed by atoms with E-state index in [1.165, 1.54) is 10.9 Å². The van der Waals surface area contributed by atoms with Crippen molar-refractivity contribution in [2.45, 2.75) is 50.1 Å². The van der Waals surface area contributed by atoms with Crippen LogP contribution in [-0.4, -0.2) is 77.7 Å². The van der Waals surface area contributed by atoms with E-state index in [2.05, 4.69) is 10.3 Å². The molecule has 1 aromatic heterocycles. The first kappa shape index (κ1) is 15.3. The van der Waals surface area contributed by atoms with Crippen LogP contribution in [0.2, 0.25) is 0 Å². The molecule has 0 aromatic carbocycles. The van der Waals surface area contributed by atoms with Gasteiger partial charge in [0.2, 0.25) is 0 Å². The zero-order valence-electron chi connectivity index (χ0n) is 10.9. The first-order chi connectivity index (χ1) is 9.43. The second-order valence-corrected chi connectivity index (χ2v) is 4.96. The van der Waals surface area contributed by atoms with Crippen molar-refractivity contribution in [3.05, 3.63) is 11.9 Å². The topological polar surface area (TPSA) is 141 Å². The third kappa shape index (κ3) is 2.97. The summed E-state index contributed by atoms with van der Waals surface area (Å²) in [5.74, 6) is 0. The Morgan fingerprint density at radius 2 is 2.00 bits per heavy atom. The second-order valence-electron chi connectivity index (χ2n) is 4.96. The molecule has 1 aromatic rings. The molecule has 0 aliphatic carbocycles. The van der Waals surface area contributed by atoms with Crippen LogP contribution < -0.4 is 0 Å². The quantitative estimate of drug-likeness (QED) is 0.399. The minimum absolute atomic E-state index is 0.289. The zero-order chi connectivity index (χ0) is 14.9. The average molecular weight is 289 g/mol. The van der Waals surface area contributed by atoms with E-state index < -0.39 is 43.4 Å². The van der Waals surface area contributed by atoms with Crippen molar-refractivity contribution >= 4 is 0 Å². The number of aliphatic hydroxyl groups excluding tert-OH is 5. The van der Waals surface area contributed by atoms with Crippen LogP contribution in [-0.2, 0) is 11.2 Å². The van der Waals surface area contributed by atoms with E-state index in [-0.39, 0.29) is 6.42 Å². The molecule has 1 saturated heterocycles. The van der Waals surface area contributed by atoms with Gasteiger partial charge in [0.25, 0.3) is 0 Å². The molecule has 1 fully saturated rings. The van der Waals surface area contributed by atoms with E-state index in [9.17, 15) is 20.4 Å². The lowest BCUT2D eigenvalue weighted by molar-refractivity contribution is -0.254. The van der Waals surface area contributed by atoms with Gasteiger partial charge in [-0.15, -0.1) is 5.10 Å². The number of hydrogen-bond acceptors (Lipinski definition) is 8. The van der Waals surface area contributed by atoms with Crippen LogP contribution in [0, 0.1) is 0 Å². The second kappa shape index (κ2) is 6.12. The van der Waals surface area contributed by atoms with Gasteiger partial charge in [-0.25, -0.2) is 4.68 Å². The minimum atomic E-state index is -1.46. The molecule has 9 heteroatoms. The van der Waals surface area contributed by atoms with Gasteiger partial charge in [-0.2, -0.15) is 0 Å². The molecule has 2 heterocycles. The van der Waals surface area contributed by atoms with Gasteiger partial charge < -0.3 is 30.3 Å². The van der Waals surface area contributed by atoms with E-state index in [4.69, 9.17) is 9.84 Å². The highest BCUT2D eigenvalue weighted by Gasteiger charge is 2.44. The van der Waals surface area contributed by atoms with E-state index in [0.29, 0.717) is 5.69 Å². The zero-order valence-corrected chi connectivity index (χ0v) is 10.9. The van der Waals surface area contributed by atoms with Crippen LogP contribution in [0.5, 0.6) is 0 Å². The molecule has 0 radical (unpaired) electrons. The van der Waals surface area contributed by atoms with Crippen molar-refractivity contribution < 1.29 is 30.3 Å². The Labute approximate surface area is 115 Å². The highest BCUT2D eigenvalue weighted by molar-refractivity contribution is 4.97. The van der Waals surface area contributed by atoms with E-state index in [1.54, 1.807) is 6.92 Å². The van der Waals surface area contributed by atoms with Gasteiger partial charge in [-0.3, -0.25) is 0 Å². The summed E-state index contributed by atoms with van der Waals surface area (Å²) in [6.07, 6.45) is -5.17. The number of rotatable bonds is 4. The maximum absolute atomic E-state index is 9.91. The largest absolute Gasteiger partial charge is 0.394 e. The molecule has 1 aliphatic rings. The first-order valence-electron chi connectivity index (χ1n) is 6.33. The fourth-order valence-electron chi connectivity index (χ4n) is 2.13. The fraction of sp³-hybridized carbons (Fsp3) is 0.818. The van der Waals surface area contributed by atoms with Gasteiger partial charge in [0.05, 0.1) is 24.6 Å². The van der Waals surface area contributed by atoms with E-state index in [1.807, 2.05) is 0 Å². The van der Waals surface area contributed by atoms with Gasteiger partial charge in [-0.1, -0.05) is 5.21 Å². The Bertz CT molecular complexity index is 438. The molecule has 0 saturated carbocycles. The average Bonchev–Trinajstić information content (AvgIpc) is 2.84. The lowest BCUT2D eigenvalue weighted by Gasteiger charge is -2.39. The van der Waals surface area contributed by atoms with Crippen LogP contribution in [0.3, 0.4) is 0 Å². The molecule has 0 spiro atoms. The van der Waals surface area contributed by atoms with Crippen LogP contribution in [0.25, 0.3) is 0 Å². The summed E-state index contributed by atoms with van der Waals surface area (Å²) >= 11 is 0. The summed E-state index contributed by atoms with van der Waals surface area (Å²) in [5, 5.41) is 55.2. The van der Waals surface area contributed by atoms with Crippen LogP contribution in [0.1, 0.15) is 18.8 Å². The molecule has 1 aliphatic heterocycles. The molecular formula is C11H19N3O6. The molecule has 1 unspecified atom stereocenters. The Balaban J connectivity index is 2.16. The first-order valence-corrected chi connectivity index (χ1v) is 6.33. The summed E-state index contributed by atoms with van der Waals surface area (Å²) in [5.41, 5.74) is 0.497. The monoisotopic (exact) mass is 289 g/mol. The summed E-state index contributed by atoms with van der Waals surface area (Å²) in [7, 11) is 0. The summed E-state index contributed by atoms with van der Waals surface area (Å²) in [4.78, 5) is 0. The van der Waals surface area contributed by atoms with Crippen molar-refractivity contribution in [1.29, 1.82) is 0 Å². The Kier molecular flexibility index (Phi) is 4.68. The van der Waals surface area contributed by atoms with E-state index in [0.717, 1.165) is 0 Å². The summed E-state index contributed by atoms with van der Waals surface area (Å²) in [6, 6.07) is 0. The summed E-state index contributed by atoms with van der Waals surface area (Å²) in [6.45, 7) is 1.10. The molecule has 5 N–H and O–H groups in total. The number of aliphatic hydroxyl groups is 5. The number of aromatic nitrogens is 3. The molecule has 114 valence electrons. The van der Waals surface area contributed by atoms with Crippen LogP contribution in [0.15, 0.2) is 6.20 Å². The lowest BCUT2D eigenvalue weighted by Crippen LogP contribution is -2.56. The molecule has 2 rings (SSSR count). The van der Waals surface area contributed by atoms with Crippen LogP contribution in [0.4, 0.5) is 0 Å². The lowest BCUT2D eigenvalue weighted by atomic mass is 9.98. The Morgan fingerprint density at radius 1 is 1.30 bits per heavy atom. The molecule has 0 bridgehead atoms. The predicted molar refractivity (Wildman–Crippen MR) is 64.4 cm³/mol. The van der Waals surface area contributed by atoms with Gasteiger partial charge >= 0.3 is 0 Å². The van der Waals surface area contributed by atoms with Gasteiger partial charge in [0.1, 0.15) is 24.4 Å². The minimum Gasteiger partial charge on any atom is -0.394 e. The van der Waals surface area contributed by atoms with Gasteiger partial charge in [0, 0.05) is 6.42 Å². The molecular weight excluding hydrogens is 270 g/mol. The summed E-state index contributed by atoms with van der Waals surface area (Å²) < 4.78 is 6.52.